The summed E-state index contributed by atoms with van der Waals surface area (Å²) in [6, 6.07) is 13.1. The van der Waals surface area contributed by atoms with Crippen LogP contribution in [0.1, 0.15) is 40.0 Å². The van der Waals surface area contributed by atoms with Crippen LogP contribution in [0.3, 0.4) is 0 Å². The van der Waals surface area contributed by atoms with Gasteiger partial charge in [0.1, 0.15) is 0 Å². The molecule has 0 aromatic heterocycles. The molecule has 0 saturated heterocycles. The lowest BCUT2D eigenvalue weighted by atomic mass is 10.1. The van der Waals surface area contributed by atoms with Crippen molar-refractivity contribution in [2.75, 3.05) is 6.61 Å². The van der Waals surface area contributed by atoms with Gasteiger partial charge in [0.25, 0.3) is 5.91 Å². The Morgan fingerprint density at radius 3 is 2.31 bits per heavy atom. The lowest BCUT2D eigenvalue weighted by Gasteiger charge is -2.08. The van der Waals surface area contributed by atoms with E-state index in [1.165, 1.54) is 6.07 Å². The number of benzene rings is 2. The Labute approximate surface area is 180 Å². The number of nitrogens with one attached hydrogen (secondary N) is 2. The molecule has 0 unspecified atom stereocenters. The predicted molar refractivity (Wildman–Crippen MR) is 110 cm³/mol. The summed E-state index contributed by atoms with van der Waals surface area (Å²) in [4.78, 5) is 47.3. The molecule has 2 amide bonds. The average molecular weight is 482 g/mol. The van der Waals surface area contributed by atoms with Crippen molar-refractivity contribution >= 4 is 51.1 Å². The monoisotopic (exact) mass is 480 g/mol. The first-order valence-corrected chi connectivity index (χ1v) is 9.82. The van der Waals surface area contributed by atoms with Crippen LogP contribution in [-0.4, -0.2) is 30.2 Å². The lowest BCUT2D eigenvalue weighted by molar-refractivity contribution is -0.142. The molecule has 0 aliphatic rings. The highest BCUT2D eigenvalue weighted by atomic mass is 79.9. The van der Waals surface area contributed by atoms with Gasteiger partial charge in [-0.15, -0.1) is 0 Å². The van der Waals surface area contributed by atoms with Crippen molar-refractivity contribution < 1.29 is 23.9 Å². The maximum absolute atomic E-state index is 11.9. The molecule has 0 radical (unpaired) electrons. The van der Waals surface area contributed by atoms with Crippen LogP contribution in [-0.2, 0) is 14.3 Å². The van der Waals surface area contributed by atoms with E-state index in [2.05, 4.69) is 26.8 Å². The Kier molecular flexibility index (Phi) is 8.82. The minimum Gasteiger partial charge on any atom is -0.457 e. The van der Waals surface area contributed by atoms with Crippen molar-refractivity contribution in [2.45, 2.75) is 19.3 Å². The molecule has 152 valence electrons. The van der Waals surface area contributed by atoms with Crippen molar-refractivity contribution in [3.8, 4) is 0 Å². The minimum absolute atomic E-state index is 0.00143. The number of carbonyl (C=O) groups excluding carboxylic acids is 4. The zero-order valence-corrected chi connectivity index (χ0v) is 17.6. The quantitative estimate of drug-likeness (QED) is 0.342. The SMILES string of the molecule is O=C(CCCC(=O)OCC(=O)c1ccc(Br)cc1)NNC(=O)c1ccccc1Cl. The van der Waals surface area contributed by atoms with Crippen LogP contribution in [0.2, 0.25) is 5.02 Å². The molecule has 29 heavy (non-hydrogen) atoms. The second kappa shape index (κ2) is 11.3. The number of esters is 1. The van der Waals surface area contributed by atoms with Crippen LogP contribution >= 0.6 is 27.5 Å². The van der Waals surface area contributed by atoms with E-state index >= 15 is 0 Å². The van der Waals surface area contributed by atoms with E-state index in [1.54, 1.807) is 42.5 Å². The van der Waals surface area contributed by atoms with E-state index < -0.39 is 17.8 Å². The molecule has 2 rings (SSSR count). The first kappa shape index (κ1) is 22.6. The van der Waals surface area contributed by atoms with Gasteiger partial charge in [-0.25, -0.2) is 0 Å². The van der Waals surface area contributed by atoms with Crippen LogP contribution in [0.5, 0.6) is 0 Å². The Hall–Kier alpha value is -2.71. The van der Waals surface area contributed by atoms with Crippen molar-refractivity contribution in [1.29, 1.82) is 0 Å². The maximum Gasteiger partial charge on any atom is 0.306 e. The fraction of sp³-hybridized carbons (Fsp3) is 0.200. The summed E-state index contributed by atoms with van der Waals surface area (Å²) in [5, 5.41) is 0.264. The van der Waals surface area contributed by atoms with Crippen molar-refractivity contribution in [1.82, 2.24) is 10.9 Å². The summed E-state index contributed by atoms with van der Waals surface area (Å²) in [5.41, 5.74) is 5.17. The molecule has 0 aliphatic heterocycles. The smallest absolute Gasteiger partial charge is 0.306 e. The minimum atomic E-state index is -0.580. The number of ether oxygens (including phenoxy) is 1. The first-order valence-electron chi connectivity index (χ1n) is 8.65. The molecule has 0 saturated carbocycles. The van der Waals surface area contributed by atoms with Crippen LogP contribution in [0.4, 0.5) is 0 Å². The summed E-state index contributed by atoms with van der Waals surface area (Å²) in [6.45, 7) is -0.361. The van der Waals surface area contributed by atoms with Crippen molar-refractivity contribution in [3.05, 3.63) is 69.2 Å². The number of hydrogen-bond donors (Lipinski definition) is 2. The molecule has 0 fully saturated rings. The molecule has 2 aromatic carbocycles. The third-order valence-electron chi connectivity index (χ3n) is 3.75. The summed E-state index contributed by atoms with van der Waals surface area (Å²) >= 11 is 9.17. The van der Waals surface area contributed by atoms with Gasteiger partial charge in [-0.2, -0.15) is 0 Å². The van der Waals surface area contributed by atoms with Crippen molar-refractivity contribution in [3.63, 3.8) is 0 Å². The van der Waals surface area contributed by atoms with Gasteiger partial charge in [0.15, 0.2) is 12.4 Å². The van der Waals surface area contributed by atoms with Gasteiger partial charge in [0, 0.05) is 22.9 Å². The average Bonchev–Trinajstić information content (AvgIpc) is 2.71. The highest BCUT2D eigenvalue weighted by Crippen LogP contribution is 2.14. The number of ketones is 1. The van der Waals surface area contributed by atoms with E-state index in [0.717, 1.165) is 4.47 Å². The van der Waals surface area contributed by atoms with Gasteiger partial charge in [-0.3, -0.25) is 30.0 Å². The largest absolute Gasteiger partial charge is 0.457 e. The molecule has 2 N–H and O–H groups in total. The second-order valence-electron chi connectivity index (χ2n) is 5.93. The Bertz CT molecular complexity index is 902. The maximum atomic E-state index is 11.9. The third kappa shape index (κ3) is 7.67. The van der Waals surface area contributed by atoms with Gasteiger partial charge in [0.05, 0.1) is 10.6 Å². The molecule has 0 aliphatic carbocycles. The number of amides is 2. The van der Waals surface area contributed by atoms with E-state index in [-0.39, 0.29) is 42.2 Å². The summed E-state index contributed by atoms with van der Waals surface area (Å²) < 4.78 is 5.76. The Morgan fingerprint density at radius 1 is 0.931 bits per heavy atom. The van der Waals surface area contributed by atoms with E-state index in [4.69, 9.17) is 16.3 Å². The van der Waals surface area contributed by atoms with Gasteiger partial charge in [-0.1, -0.05) is 51.8 Å². The molecular formula is C20H18BrClN2O5. The zero-order chi connectivity index (χ0) is 21.2. The van der Waals surface area contributed by atoms with E-state index in [1.807, 2.05) is 0 Å². The van der Waals surface area contributed by atoms with Gasteiger partial charge in [-0.05, 0) is 30.7 Å². The molecule has 0 atom stereocenters. The molecular weight excluding hydrogens is 464 g/mol. The third-order valence-corrected chi connectivity index (χ3v) is 4.61. The number of rotatable bonds is 8. The number of carbonyl (C=O) groups is 4. The molecule has 9 heteroatoms. The fourth-order valence-electron chi connectivity index (χ4n) is 2.23. The number of Topliss-reactive ketones (excluding diaryl/α,β-unsaturated/α-hetero) is 1. The van der Waals surface area contributed by atoms with Crippen LogP contribution < -0.4 is 10.9 Å². The highest BCUT2D eigenvalue weighted by Gasteiger charge is 2.12. The molecule has 7 nitrogen and oxygen atoms in total. The van der Waals surface area contributed by atoms with E-state index in [9.17, 15) is 19.2 Å². The van der Waals surface area contributed by atoms with Crippen molar-refractivity contribution in [2.24, 2.45) is 0 Å². The van der Waals surface area contributed by atoms with Crippen LogP contribution in [0.15, 0.2) is 53.0 Å². The topological polar surface area (TPSA) is 102 Å². The number of hydrazine groups is 1. The van der Waals surface area contributed by atoms with Gasteiger partial charge < -0.3 is 4.74 Å². The molecule has 0 heterocycles. The molecule has 0 bridgehead atoms. The fourth-order valence-corrected chi connectivity index (χ4v) is 2.72. The number of hydrogen-bond acceptors (Lipinski definition) is 5. The Balaban J connectivity index is 1.63. The molecule has 0 spiro atoms. The Morgan fingerprint density at radius 2 is 1.62 bits per heavy atom. The highest BCUT2D eigenvalue weighted by molar-refractivity contribution is 9.10. The van der Waals surface area contributed by atoms with Gasteiger partial charge in [0.2, 0.25) is 5.91 Å². The standard InChI is InChI=1S/C20H18BrClN2O5/c21-14-10-8-13(9-11-14)17(25)12-29-19(27)7-3-6-18(26)23-24-20(28)15-4-1-2-5-16(15)22/h1-2,4-5,8-11H,3,6-7,12H2,(H,23,26)(H,24,28). The summed E-state index contributed by atoms with van der Waals surface area (Å²) in [6.07, 6.45) is 0.178. The second-order valence-corrected chi connectivity index (χ2v) is 7.25. The predicted octanol–water partition coefficient (Wildman–Crippen LogP) is 3.46. The van der Waals surface area contributed by atoms with Gasteiger partial charge >= 0.3 is 5.97 Å². The summed E-state index contributed by atoms with van der Waals surface area (Å²) in [7, 11) is 0. The van der Waals surface area contributed by atoms with E-state index in [0.29, 0.717) is 5.56 Å². The zero-order valence-electron chi connectivity index (χ0n) is 15.2. The van der Waals surface area contributed by atoms with Crippen LogP contribution in [0.25, 0.3) is 0 Å². The first-order chi connectivity index (χ1) is 13.9. The lowest BCUT2D eigenvalue weighted by Crippen LogP contribution is -2.41. The van der Waals surface area contributed by atoms with Crippen LogP contribution in [0, 0.1) is 0 Å². The summed E-state index contributed by atoms with van der Waals surface area (Å²) in [5.74, 6) is -1.91. The normalized spacial score (nSPS) is 10.1. The molecule has 2 aromatic rings. The number of halogens is 2.